The number of hydrogen-bond donors (Lipinski definition) is 1. The number of aryl methyl sites for hydroxylation is 1. The van der Waals surface area contributed by atoms with Crippen LogP contribution in [-0.4, -0.2) is 57.7 Å². The average molecular weight is 446 g/mol. The van der Waals surface area contributed by atoms with Gasteiger partial charge < -0.3 is 10.1 Å². The van der Waals surface area contributed by atoms with Gasteiger partial charge in [0.1, 0.15) is 0 Å². The summed E-state index contributed by atoms with van der Waals surface area (Å²) in [5.74, 6) is 0.443. The van der Waals surface area contributed by atoms with E-state index in [2.05, 4.69) is 11.4 Å². The van der Waals surface area contributed by atoms with E-state index in [-0.39, 0.29) is 17.6 Å². The molecule has 3 fully saturated rings. The van der Waals surface area contributed by atoms with Crippen LogP contribution in [0.25, 0.3) is 0 Å². The molecule has 4 rings (SSSR count). The van der Waals surface area contributed by atoms with E-state index in [0.29, 0.717) is 43.3 Å². The van der Waals surface area contributed by atoms with Crippen LogP contribution in [0.15, 0.2) is 18.2 Å². The van der Waals surface area contributed by atoms with Crippen molar-refractivity contribution in [3.63, 3.8) is 0 Å². The van der Waals surface area contributed by atoms with Gasteiger partial charge >= 0.3 is 5.97 Å². The molecule has 2 atom stereocenters. The lowest BCUT2D eigenvalue weighted by Gasteiger charge is -2.35. The minimum absolute atomic E-state index is 0.153. The second-order valence-corrected chi connectivity index (χ2v) is 11.4. The van der Waals surface area contributed by atoms with E-state index >= 15 is 0 Å². The molecule has 0 aromatic heterocycles. The van der Waals surface area contributed by atoms with Gasteiger partial charge in [0.25, 0.3) is 0 Å². The van der Waals surface area contributed by atoms with E-state index in [9.17, 15) is 13.2 Å². The van der Waals surface area contributed by atoms with E-state index in [1.165, 1.54) is 12.7 Å². The Morgan fingerprint density at radius 3 is 2.45 bits per heavy atom. The minimum atomic E-state index is -3.57. The van der Waals surface area contributed by atoms with Crippen LogP contribution in [0, 0.1) is 35.5 Å². The normalized spacial score (nSPS) is 26.4. The highest BCUT2D eigenvalue weighted by atomic mass is 32.2. The number of carbonyl (C=O) groups is 1. The first-order valence-electron chi connectivity index (χ1n) is 11.1. The summed E-state index contributed by atoms with van der Waals surface area (Å²) < 4.78 is 33.3. The van der Waals surface area contributed by atoms with Gasteiger partial charge in [0.15, 0.2) is 0 Å². The fourth-order valence-corrected chi connectivity index (χ4v) is 8.00. The van der Waals surface area contributed by atoms with Crippen molar-refractivity contribution < 1.29 is 17.9 Å². The Labute approximate surface area is 184 Å². The average Bonchev–Trinajstić information content (AvgIpc) is 3.32. The summed E-state index contributed by atoms with van der Waals surface area (Å²) in [6.45, 7) is 4.61. The maximum absolute atomic E-state index is 13.3. The summed E-state index contributed by atoms with van der Waals surface area (Å²) in [4.78, 5) is 12.7. The quantitative estimate of drug-likeness (QED) is 0.698. The van der Waals surface area contributed by atoms with E-state index < -0.39 is 15.4 Å². The lowest BCUT2D eigenvalue weighted by molar-refractivity contribution is -0.151. The predicted octanol–water partition coefficient (Wildman–Crippen LogP) is 2.16. The van der Waals surface area contributed by atoms with Crippen molar-refractivity contribution in [3.8, 4) is 6.07 Å². The number of sulfonamides is 1. The molecular formula is C23H31N3O4S. The molecule has 2 heterocycles. The first-order chi connectivity index (χ1) is 14.8. The van der Waals surface area contributed by atoms with Crippen LogP contribution in [-0.2, 0) is 19.6 Å². The zero-order chi connectivity index (χ0) is 22.2. The Kier molecular flexibility index (Phi) is 6.12. The summed E-state index contributed by atoms with van der Waals surface area (Å²) in [6, 6.07) is 7.89. The zero-order valence-electron chi connectivity index (χ0n) is 18.3. The highest BCUT2D eigenvalue weighted by molar-refractivity contribution is 7.89. The second kappa shape index (κ2) is 8.53. The molecule has 0 amide bonds. The highest BCUT2D eigenvalue weighted by Crippen LogP contribution is 2.49. The van der Waals surface area contributed by atoms with Gasteiger partial charge in [0, 0.05) is 13.1 Å². The number of rotatable bonds is 5. The van der Waals surface area contributed by atoms with Crippen molar-refractivity contribution in [2.75, 3.05) is 39.0 Å². The summed E-state index contributed by atoms with van der Waals surface area (Å²) >= 11 is 0. The van der Waals surface area contributed by atoms with Gasteiger partial charge in [-0.15, -0.1) is 0 Å². The molecule has 7 nitrogen and oxygen atoms in total. The number of nitrogens with zero attached hydrogens (tertiary/aromatic N) is 2. The molecule has 3 aliphatic rings. The van der Waals surface area contributed by atoms with Crippen LogP contribution in [0.1, 0.15) is 48.3 Å². The van der Waals surface area contributed by atoms with Crippen molar-refractivity contribution in [1.82, 2.24) is 9.62 Å². The second-order valence-electron chi connectivity index (χ2n) is 9.47. The van der Waals surface area contributed by atoms with Crippen LogP contribution in [0.5, 0.6) is 0 Å². The van der Waals surface area contributed by atoms with Crippen LogP contribution in [0.4, 0.5) is 0 Å². The maximum Gasteiger partial charge on any atom is 0.312 e. The third-order valence-electron chi connectivity index (χ3n) is 7.55. The molecule has 0 spiro atoms. The minimum Gasteiger partial charge on any atom is -0.469 e. The van der Waals surface area contributed by atoms with E-state index in [1.807, 2.05) is 25.1 Å². The van der Waals surface area contributed by atoms with Gasteiger partial charge in [-0.05, 0) is 86.7 Å². The number of methoxy groups -OCH3 is 1. The fourth-order valence-electron chi connectivity index (χ4n) is 6.00. The zero-order valence-corrected chi connectivity index (χ0v) is 19.1. The molecule has 1 aliphatic carbocycles. The summed E-state index contributed by atoms with van der Waals surface area (Å²) in [6.07, 6.45) is 2.65. The monoisotopic (exact) mass is 445 g/mol. The Morgan fingerprint density at radius 2 is 1.90 bits per heavy atom. The van der Waals surface area contributed by atoms with Crippen LogP contribution in [0.3, 0.4) is 0 Å². The third-order valence-corrected chi connectivity index (χ3v) is 9.62. The first-order valence-corrected chi connectivity index (χ1v) is 12.7. The summed E-state index contributed by atoms with van der Waals surface area (Å²) in [7, 11) is -2.21. The van der Waals surface area contributed by atoms with Crippen molar-refractivity contribution in [1.29, 1.82) is 5.26 Å². The molecule has 2 aliphatic heterocycles. The van der Waals surface area contributed by atoms with Crippen LogP contribution >= 0.6 is 0 Å². The number of benzene rings is 1. The number of fused-ring (bicyclic) bond motifs is 1. The van der Waals surface area contributed by atoms with E-state index in [0.717, 1.165) is 31.5 Å². The number of esters is 1. The number of piperidine rings is 1. The Morgan fingerprint density at radius 1 is 1.26 bits per heavy atom. The Bertz CT molecular complexity index is 981. The molecule has 1 N–H and O–H groups in total. The number of hydrogen-bond acceptors (Lipinski definition) is 6. The molecular weight excluding hydrogens is 414 g/mol. The van der Waals surface area contributed by atoms with Gasteiger partial charge in [-0.1, -0.05) is 6.07 Å². The molecule has 1 saturated carbocycles. The van der Waals surface area contributed by atoms with Crippen molar-refractivity contribution in [2.45, 2.75) is 38.5 Å². The number of ether oxygens (including phenoxy) is 1. The van der Waals surface area contributed by atoms with Crippen molar-refractivity contribution >= 4 is 16.0 Å². The summed E-state index contributed by atoms with van der Waals surface area (Å²) in [5.41, 5.74) is 1.99. The largest absolute Gasteiger partial charge is 0.469 e. The highest BCUT2D eigenvalue weighted by Gasteiger charge is 2.55. The molecule has 0 radical (unpaired) electrons. The molecule has 168 valence electrons. The maximum atomic E-state index is 13.3. The first kappa shape index (κ1) is 22.3. The molecule has 0 unspecified atom stereocenters. The molecule has 31 heavy (non-hydrogen) atoms. The smallest absolute Gasteiger partial charge is 0.312 e. The van der Waals surface area contributed by atoms with Crippen molar-refractivity contribution in [2.24, 2.45) is 17.3 Å². The van der Waals surface area contributed by atoms with Gasteiger partial charge in [-0.25, -0.2) is 12.7 Å². The Hall–Kier alpha value is -1.95. The van der Waals surface area contributed by atoms with Crippen molar-refractivity contribution in [3.05, 3.63) is 34.9 Å². The van der Waals surface area contributed by atoms with Gasteiger partial charge in [-0.2, -0.15) is 5.26 Å². The van der Waals surface area contributed by atoms with E-state index in [1.54, 1.807) is 4.31 Å². The number of nitriles is 1. The molecule has 0 bridgehead atoms. The topological polar surface area (TPSA) is 99.5 Å². The standard InChI is InChI=1S/C23H31N3O4S/c1-16-9-17(12-24)3-4-21(16)18-5-7-26(8-6-18)31(28,29)15-23(22(27)30-2)10-19-13-25-14-20(19)11-23/h3-4,9,18-20,25H,5-8,10-11,13-15H2,1-2H3/t19-,20-/m1/s1. The molecule has 8 heteroatoms. The van der Waals surface area contributed by atoms with Crippen LogP contribution < -0.4 is 5.32 Å². The van der Waals surface area contributed by atoms with Gasteiger partial charge in [-0.3, -0.25) is 4.79 Å². The van der Waals surface area contributed by atoms with Gasteiger partial charge in [0.05, 0.1) is 29.9 Å². The predicted molar refractivity (Wildman–Crippen MR) is 117 cm³/mol. The number of nitrogens with one attached hydrogen (secondary N) is 1. The van der Waals surface area contributed by atoms with Crippen LogP contribution in [0.2, 0.25) is 0 Å². The fraction of sp³-hybridized carbons (Fsp3) is 0.652. The van der Waals surface area contributed by atoms with E-state index in [4.69, 9.17) is 10.00 Å². The molecule has 1 aromatic rings. The number of carbonyl (C=O) groups excluding carboxylic acids is 1. The molecule has 2 saturated heterocycles. The lowest BCUT2D eigenvalue weighted by atomic mass is 9.87. The summed E-state index contributed by atoms with van der Waals surface area (Å²) in [5, 5.41) is 12.4. The van der Waals surface area contributed by atoms with Gasteiger partial charge in [0.2, 0.25) is 10.0 Å². The SMILES string of the molecule is COC(=O)C1(CS(=O)(=O)N2CCC(c3ccc(C#N)cc3C)CC2)C[C@@H]2CNC[C@H]2C1. The lowest BCUT2D eigenvalue weighted by Crippen LogP contribution is -2.46. The molecule has 1 aromatic carbocycles. The Balaban J connectivity index is 1.45. The third kappa shape index (κ3) is 4.23.